The van der Waals surface area contributed by atoms with Crippen molar-refractivity contribution < 1.29 is 15.3 Å². The first-order chi connectivity index (χ1) is 16.0. The first kappa shape index (κ1) is 22.7. The molecule has 1 amide bonds. The average molecular weight is 473 g/mol. The lowest BCUT2D eigenvalue weighted by Gasteiger charge is -2.48. The summed E-state index contributed by atoms with van der Waals surface area (Å²) in [6, 6.07) is 10.5. The van der Waals surface area contributed by atoms with E-state index in [-0.39, 0.29) is 7.33 Å². The van der Waals surface area contributed by atoms with Crippen LogP contribution < -0.4 is 10.2 Å². The van der Waals surface area contributed by atoms with Gasteiger partial charge in [-0.05, 0) is 74.3 Å². The van der Waals surface area contributed by atoms with Crippen LogP contribution in [0.5, 0.6) is 0 Å². The van der Waals surface area contributed by atoms with Gasteiger partial charge in [-0.1, -0.05) is 18.9 Å². The molecule has 3 aliphatic rings. The second kappa shape index (κ2) is 9.25. The van der Waals surface area contributed by atoms with Gasteiger partial charge in [-0.15, -0.1) is 10.8 Å². The minimum Gasteiger partial charge on any atom is -0.356 e. The monoisotopic (exact) mass is 472 g/mol. The van der Waals surface area contributed by atoms with Gasteiger partial charge in [-0.25, -0.2) is 9.29 Å². The van der Waals surface area contributed by atoms with Crippen LogP contribution >= 0.6 is 10.8 Å². The van der Waals surface area contributed by atoms with Gasteiger partial charge in [-0.3, -0.25) is 13.9 Å². The molecule has 1 spiro atoms. The number of amides is 1. The highest BCUT2D eigenvalue weighted by Gasteiger charge is 2.40. The zero-order valence-corrected chi connectivity index (χ0v) is 19.9. The number of rotatable bonds is 5. The van der Waals surface area contributed by atoms with Crippen LogP contribution in [0.25, 0.3) is 0 Å². The van der Waals surface area contributed by atoms with Crippen molar-refractivity contribution in [2.45, 2.75) is 56.3 Å². The van der Waals surface area contributed by atoms with Crippen LogP contribution in [0.3, 0.4) is 0 Å². The molecule has 7 nitrogen and oxygen atoms in total. The molecule has 3 heterocycles. The van der Waals surface area contributed by atoms with Crippen LogP contribution in [0.4, 0.5) is 11.5 Å². The van der Waals surface area contributed by atoms with E-state index in [4.69, 9.17) is 0 Å². The molecule has 1 aromatic heterocycles. The fourth-order valence-electron chi connectivity index (χ4n) is 5.41. The number of benzene rings is 1. The summed E-state index contributed by atoms with van der Waals surface area (Å²) in [4.78, 5) is 20.5. The van der Waals surface area contributed by atoms with Crippen LogP contribution in [-0.4, -0.2) is 50.5 Å². The first-order valence-corrected chi connectivity index (χ1v) is 13.6. The lowest BCUT2D eigenvalue weighted by atomic mass is 9.63. The number of hydrogen-bond acceptors (Lipinski definition) is 6. The zero-order chi connectivity index (χ0) is 22.9. The van der Waals surface area contributed by atoms with E-state index in [0.717, 1.165) is 38.2 Å². The normalized spacial score (nSPS) is 21.5. The van der Waals surface area contributed by atoms with Gasteiger partial charge in [0.25, 0.3) is 5.91 Å². The molecule has 2 aliphatic heterocycles. The summed E-state index contributed by atoms with van der Waals surface area (Å²) in [7, 11) is -3.06. The van der Waals surface area contributed by atoms with Crippen LogP contribution in [0, 0.1) is 5.41 Å². The highest BCUT2D eigenvalue weighted by atomic mass is 32.3. The maximum atomic E-state index is 13.2. The van der Waals surface area contributed by atoms with E-state index in [9.17, 15) is 13.9 Å². The van der Waals surface area contributed by atoms with Gasteiger partial charge in [0, 0.05) is 39.5 Å². The second-order valence-electron chi connectivity index (χ2n) is 9.71. The van der Waals surface area contributed by atoms with E-state index in [0.29, 0.717) is 34.7 Å². The number of pyridine rings is 1. The van der Waals surface area contributed by atoms with Gasteiger partial charge in [0.15, 0.2) is 0 Å². The van der Waals surface area contributed by atoms with Gasteiger partial charge in [-0.2, -0.15) is 0 Å². The van der Waals surface area contributed by atoms with Crippen LogP contribution in [-0.2, 0) is 0 Å². The standard InChI is InChI=1S/C25H34N4O3S.H2/c30-24(22-9-5-14-26-23(22)28-17-12-25(13-18-28)10-6-11-25)27-20-7-4-8-21(19-20)33(31,32)29-15-2-1-3-16-29;/h4-5,7-9,14,19,31-32H,1-3,6,10-13,15-18H2,(H,27,30);1H. The van der Waals surface area contributed by atoms with Crippen molar-refractivity contribution in [3.8, 4) is 0 Å². The highest BCUT2D eigenvalue weighted by molar-refractivity contribution is 8.22. The Morgan fingerprint density at radius 2 is 1.73 bits per heavy atom. The zero-order valence-electron chi connectivity index (χ0n) is 19.1. The number of aromatic nitrogens is 1. The average Bonchev–Trinajstić information content (AvgIpc) is 2.84. The third-order valence-corrected chi connectivity index (χ3v) is 9.62. The number of carbonyl (C=O) groups excluding carboxylic acids is 1. The predicted molar refractivity (Wildman–Crippen MR) is 135 cm³/mol. The molecular weight excluding hydrogens is 436 g/mol. The summed E-state index contributed by atoms with van der Waals surface area (Å²) in [6.45, 7) is 3.22. The molecule has 1 aliphatic carbocycles. The third-order valence-electron chi connectivity index (χ3n) is 7.65. The smallest absolute Gasteiger partial charge is 0.259 e. The second-order valence-corrected chi connectivity index (χ2v) is 11.7. The minimum atomic E-state index is -3.06. The third kappa shape index (κ3) is 4.62. The molecule has 2 saturated heterocycles. The van der Waals surface area contributed by atoms with Crippen molar-refractivity contribution in [3.63, 3.8) is 0 Å². The lowest BCUT2D eigenvalue weighted by molar-refractivity contribution is 0.0950. The van der Waals surface area contributed by atoms with Crippen molar-refractivity contribution in [1.82, 2.24) is 9.29 Å². The van der Waals surface area contributed by atoms with Crippen LogP contribution in [0.15, 0.2) is 47.5 Å². The van der Waals surface area contributed by atoms with Crippen molar-refractivity contribution in [2.24, 2.45) is 5.41 Å². The van der Waals surface area contributed by atoms with Gasteiger partial charge in [0.05, 0.1) is 10.5 Å². The lowest BCUT2D eigenvalue weighted by Crippen LogP contribution is -2.44. The molecule has 2 aromatic rings. The van der Waals surface area contributed by atoms with Gasteiger partial charge >= 0.3 is 0 Å². The number of nitrogens with one attached hydrogen (secondary N) is 1. The van der Waals surface area contributed by atoms with E-state index in [2.05, 4.69) is 15.2 Å². The van der Waals surface area contributed by atoms with Crippen molar-refractivity contribution in [1.29, 1.82) is 0 Å². The summed E-state index contributed by atoms with van der Waals surface area (Å²) in [5.41, 5.74) is 1.64. The van der Waals surface area contributed by atoms with Crippen molar-refractivity contribution >= 4 is 28.2 Å². The van der Waals surface area contributed by atoms with E-state index < -0.39 is 10.8 Å². The SMILES string of the molecule is O=C(Nc1cccc(S(O)(O)N2CCCCC2)c1)c1cccnc1N1CCC2(CCC2)CC1.[HH]. The minimum absolute atomic E-state index is 0. The number of piperidine rings is 2. The molecule has 8 heteroatoms. The van der Waals surface area contributed by atoms with E-state index >= 15 is 0 Å². The Morgan fingerprint density at radius 1 is 0.970 bits per heavy atom. The molecule has 0 bridgehead atoms. The fourth-order valence-corrected chi connectivity index (χ4v) is 7.02. The fraction of sp³-hybridized carbons (Fsp3) is 0.520. The maximum Gasteiger partial charge on any atom is 0.259 e. The van der Waals surface area contributed by atoms with Gasteiger partial charge in [0.2, 0.25) is 0 Å². The summed E-state index contributed by atoms with van der Waals surface area (Å²) >= 11 is 0. The summed E-state index contributed by atoms with van der Waals surface area (Å²) in [5, 5.41) is 2.96. The Hall–Kier alpha value is -2.13. The van der Waals surface area contributed by atoms with Gasteiger partial charge < -0.3 is 10.2 Å². The summed E-state index contributed by atoms with van der Waals surface area (Å²) in [6.07, 6.45) is 11.1. The molecule has 0 atom stereocenters. The number of nitrogens with zero attached hydrogens (tertiary/aromatic N) is 3. The molecule has 1 saturated carbocycles. The Balaban J connectivity index is 0.00000274. The molecule has 0 radical (unpaired) electrons. The number of hydrogen-bond donors (Lipinski definition) is 3. The molecule has 1 aromatic carbocycles. The molecular formula is C25H36N4O3S. The molecule has 5 rings (SSSR count). The molecule has 33 heavy (non-hydrogen) atoms. The summed E-state index contributed by atoms with van der Waals surface area (Å²) in [5.74, 6) is 0.506. The molecule has 0 unspecified atom stereocenters. The number of anilines is 2. The Morgan fingerprint density at radius 3 is 2.42 bits per heavy atom. The van der Waals surface area contributed by atoms with Crippen molar-refractivity contribution in [3.05, 3.63) is 48.2 Å². The highest BCUT2D eigenvalue weighted by Crippen LogP contribution is 2.53. The van der Waals surface area contributed by atoms with E-state index in [1.807, 2.05) is 6.07 Å². The largest absolute Gasteiger partial charge is 0.356 e. The van der Waals surface area contributed by atoms with Crippen LogP contribution in [0.1, 0.15) is 63.2 Å². The maximum absolute atomic E-state index is 13.2. The van der Waals surface area contributed by atoms with Gasteiger partial charge in [0.1, 0.15) is 5.82 Å². The Bertz CT molecular complexity index is 1000. The first-order valence-electron chi connectivity index (χ1n) is 12.1. The summed E-state index contributed by atoms with van der Waals surface area (Å²) < 4.78 is 23.6. The number of carbonyl (C=O) groups is 1. The Kier molecular flexibility index (Phi) is 6.35. The van der Waals surface area contributed by atoms with Crippen molar-refractivity contribution in [2.75, 3.05) is 36.4 Å². The molecule has 180 valence electrons. The van der Waals surface area contributed by atoms with E-state index in [1.165, 1.54) is 32.1 Å². The van der Waals surface area contributed by atoms with Crippen LogP contribution in [0.2, 0.25) is 0 Å². The van der Waals surface area contributed by atoms with E-state index in [1.54, 1.807) is 40.8 Å². The predicted octanol–water partition coefficient (Wildman–Crippen LogP) is 5.86. The Labute approximate surface area is 199 Å². The topological polar surface area (TPSA) is 88.9 Å². The quantitative estimate of drug-likeness (QED) is 0.505. The molecule has 3 fully saturated rings. The molecule has 3 N–H and O–H groups in total.